The number of hydrogen-bond donors (Lipinski definition) is 1. The normalized spacial score (nSPS) is 27.4. The first kappa shape index (κ1) is 15.6. The Morgan fingerprint density at radius 2 is 2.15 bits per heavy atom. The molecular formula is C17H26O2S. The second-order valence-electron chi connectivity index (χ2n) is 7.25. The molecule has 1 aliphatic rings. The van der Waals surface area contributed by atoms with Crippen LogP contribution in [-0.2, 0) is 11.2 Å². The Labute approximate surface area is 126 Å². The van der Waals surface area contributed by atoms with Gasteiger partial charge in [0.1, 0.15) is 0 Å². The summed E-state index contributed by atoms with van der Waals surface area (Å²) in [5.74, 6) is 0.274. The van der Waals surface area contributed by atoms with Gasteiger partial charge < -0.3 is 5.11 Å². The molecule has 1 aromatic heterocycles. The van der Waals surface area contributed by atoms with Crippen molar-refractivity contribution in [2.75, 3.05) is 0 Å². The van der Waals surface area contributed by atoms with Gasteiger partial charge in [0.25, 0.3) is 0 Å². The van der Waals surface area contributed by atoms with E-state index < -0.39 is 5.97 Å². The maximum Gasteiger partial charge on any atom is 0.306 e. The number of carboxylic acids is 1. The number of hydrogen-bond acceptors (Lipinski definition) is 2. The van der Waals surface area contributed by atoms with E-state index in [9.17, 15) is 9.90 Å². The Hall–Kier alpha value is -0.830. The molecule has 0 spiro atoms. The third kappa shape index (κ3) is 3.85. The molecule has 2 rings (SSSR count). The molecule has 0 aliphatic heterocycles. The van der Waals surface area contributed by atoms with Crippen LogP contribution in [0.3, 0.4) is 0 Å². The molecule has 2 nitrogen and oxygen atoms in total. The van der Waals surface area contributed by atoms with Crippen LogP contribution in [0, 0.1) is 23.2 Å². The summed E-state index contributed by atoms with van der Waals surface area (Å²) in [7, 11) is 0. The second-order valence-corrected chi connectivity index (χ2v) is 8.03. The van der Waals surface area contributed by atoms with Gasteiger partial charge in [-0.05, 0) is 71.7 Å². The Morgan fingerprint density at radius 3 is 2.70 bits per heavy atom. The Bertz CT molecular complexity index is 430. The number of carbonyl (C=O) groups is 1. The molecule has 1 heterocycles. The van der Waals surface area contributed by atoms with Crippen LogP contribution >= 0.6 is 11.3 Å². The molecular weight excluding hydrogens is 268 g/mol. The minimum Gasteiger partial charge on any atom is -0.481 e. The summed E-state index contributed by atoms with van der Waals surface area (Å²) in [5, 5.41) is 13.7. The lowest BCUT2D eigenvalue weighted by Gasteiger charge is -2.40. The van der Waals surface area contributed by atoms with E-state index in [1.54, 1.807) is 11.3 Å². The van der Waals surface area contributed by atoms with Gasteiger partial charge in [0, 0.05) is 0 Å². The highest BCUT2D eigenvalue weighted by molar-refractivity contribution is 7.07. The topological polar surface area (TPSA) is 37.3 Å². The van der Waals surface area contributed by atoms with Crippen LogP contribution < -0.4 is 0 Å². The molecule has 0 bridgehead atoms. The van der Waals surface area contributed by atoms with E-state index in [0.717, 1.165) is 32.1 Å². The Kier molecular flexibility index (Phi) is 4.90. The fourth-order valence-corrected chi connectivity index (χ4v) is 4.18. The number of aliphatic carboxylic acids is 1. The van der Waals surface area contributed by atoms with Crippen molar-refractivity contribution in [3.63, 3.8) is 0 Å². The van der Waals surface area contributed by atoms with Gasteiger partial charge in [-0.2, -0.15) is 11.3 Å². The van der Waals surface area contributed by atoms with Crippen LogP contribution in [0.25, 0.3) is 0 Å². The van der Waals surface area contributed by atoms with Gasteiger partial charge in [0.15, 0.2) is 0 Å². The molecule has 0 saturated heterocycles. The number of rotatable bonds is 4. The fourth-order valence-electron chi connectivity index (χ4n) is 3.48. The maximum atomic E-state index is 11.5. The zero-order valence-corrected chi connectivity index (χ0v) is 13.6. The molecule has 112 valence electrons. The van der Waals surface area contributed by atoms with Crippen molar-refractivity contribution in [2.45, 2.75) is 52.9 Å². The lowest BCUT2D eigenvalue weighted by atomic mass is 9.64. The van der Waals surface area contributed by atoms with Gasteiger partial charge >= 0.3 is 5.97 Å². The highest BCUT2D eigenvalue weighted by Gasteiger charge is 2.38. The van der Waals surface area contributed by atoms with Crippen molar-refractivity contribution >= 4 is 17.3 Å². The smallest absolute Gasteiger partial charge is 0.306 e. The molecule has 0 amide bonds. The molecule has 1 saturated carbocycles. The predicted molar refractivity (Wildman–Crippen MR) is 84.1 cm³/mol. The standard InChI is InChI=1S/C17H26O2S/c1-17(2,3)14-6-7-15(16(18)19)13(10-14)5-4-12-8-9-20-11-12/h8-9,11,13-15H,4-7,10H2,1-3H3,(H,18,19). The first-order chi connectivity index (χ1) is 9.38. The van der Waals surface area contributed by atoms with Gasteiger partial charge in [0.05, 0.1) is 5.92 Å². The molecule has 1 fully saturated rings. The zero-order valence-electron chi connectivity index (χ0n) is 12.8. The van der Waals surface area contributed by atoms with Crippen molar-refractivity contribution in [1.82, 2.24) is 0 Å². The number of thiophene rings is 1. The van der Waals surface area contributed by atoms with Crippen molar-refractivity contribution in [3.8, 4) is 0 Å². The molecule has 3 heteroatoms. The van der Waals surface area contributed by atoms with Crippen LogP contribution in [0.15, 0.2) is 16.8 Å². The van der Waals surface area contributed by atoms with E-state index in [-0.39, 0.29) is 5.92 Å². The largest absolute Gasteiger partial charge is 0.481 e. The van der Waals surface area contributed by atoms with Crippen LogP contribution in [0.4, 0.5) is 0 Å². The molecule has 0 radical (unpaired) electrons. The Morgan fingerprint density at radius 1 is 1.40 bits per heavy atom. The average Bonchev–Trinajstić information content (AvgIpc) is 2.87. The third-order valence-corrected chi connectivity index (χ3v) is 5.64. The van der Waals surface area contributed by atoms with Crippen LogP contribution in [0.5, 0.6) is 0 Å². The van der Waals surface area contributed by atoms with Gasteiger partial charge in [-0.25, -0.2) is 0 Å². The summed E-state index contributed by atoms with van der Waals surface area (Å²) in [6.07, 6.45) is 5.03. The molecule has 0 aromatic carbocycles. The lowest BCUT2D eigenvalue weighted by Crippen LogP contribution is -2.35. The first-order valence-corrected chi connectivity index (χ1v) is 8.56. The summed E-state index contributed by atoms with van der Waals surface area (Å²) in [6, 6.07) is 2.16. The van der Waals surface area contributed by atoms with Crippen molar-refractivity contribution in [3.05, 3.63) is 22.4 Å². The summed E-state index contributed by atoms with van der Waals surface area (Å²) >= 11 is 1.72. The zero-order chi connectivity index (χ0) is 14.8. The first-order valence-electron chi connectivity index (χ1n) is 7.62. The summed E-state index contributed by atoms with van der Waals surface area (Å²) in [5.41, 5.74) is 1.65. The van der Waals surface area contributed by atoms with E-state index >= 15 is 0 Å². The van der Waals surface area contributed by atoms with E-state index in [1.165, 1.54) is 5.56 Å². The van der Waals surface area contributed by atoms with Crippen LogP contribution in [0.2, 0.25) is 0 Å². The van der Waals surface area contributed by atoms with Gasteiger partial charge in [0.2, 0.25) is 0 Å². The average molecular weight is 294 g/mol. The van der Waals surface area contributed by atoms with Gasteiger partial charge in [-0.1, -0.05) is 20.8 Å². The third-order valence-electron chi connectivity index (χ3n) is 4.91. The highest BCUT2D eigenvalue weighted by atomic mass is 32.1. The molecule has 3 atom stereocenters. The molecule has 1 aliphatic carbocycles. The van der Waals surface area contributed by atoms with Crippen molar-refractivity contribution in [1.29, 1.82) is 0 Å². The van der Waals surface area contributed by atoms with Crippen LogP contribution in [-0.4, -0.2) is 11.1 Å². The monoisotopic (exact) mass is 294 g/mol. The molecule has 20 heavy (non-hydrogen) atoms. The number of aryl methyl sites for hydroxylation is 1. The maximum absolute atomic E-state index is 11.5. The van der Waals surface area contributed by atoms with Gasteiger partial charge in [-0.15, -0.1) is 0 Å². The van der Waals surface area contributed by atoms with Crippen LogP contribution in [0.1, 0.15) is 52.0 Å². The fraction of sp³-hybridized carbons (Fsp3) is 0.706. The van der Waals surface area contributed by atoms with Crippen molar-refractivity contribution in [2.24, 2.45) is 23.2 Å². The van der Waals surface area contributed by atoms with E-state index in [2.05, 4.69) is 37.6 Å². The Balaban J connectivity index is 2.01. The molecule has 3 unspecified atom stereocenters. The number of carboxylic acid groups (broad SMARTS) is 1. The second kappa shape index (κ2) is 6.30. The quantitative estimate of drug-likeness (QED) is 0.862. The highest BCUT2D eigenvalue weighted by Crippen LogP contribution is 2.44. The van der Waals surface area contributed by atoms with E-state index in [1.807, 2.05) is 0 Å². The summed E-state index contributed by atoms with van der Waals surface area (Å²) in [6.45, 7) is 6.86. The lowest BCUT2D eigenvalue weighted by molar-refractivity contribution is -0.146. The summed E-state index contributed by atoms with van der Waals surface area (Å²) in [4.78, 5) is 11.5. The summed E-state index contributed by atoms with van der Waals surface area (Å²) < 4.78 is 0. The SMILES string of the molecule is CC(C)(C)C1CCC(C(=O)O)C(CCc2ccsc2)C1. The van der Waals surface area contributed by atoms with Crippen molar-refractivity contribution < 1.29 is 9.90 Å². The van der Waals surface area contributed by atoms with E-state index in [0.29, 0.717) is 17.3 Å². The molecule has 1 aromatic rings. The van der Waals surface area contributed by atoms with Gasteiger partial charge in [-0.3, -0.25) is 4.79 Å². The van der Waals surface area contributed by atoms with E-state index in [4.69, 9.17) is 0 Å². The predicted octanol–water partition coefficient (Wildman–Crippen LogP) is 4.84. The molecule has 1 N–H and O–H groups in total. The minimum atomic E-state index is -0.590. The minimum absolute atomic E-state index is 0.132.